The fraction of sp³-hybridized carbons (Fsp3) is 0.667. The van der Waals surface area contributed by atoms with Crippen molar-refractivity contribution in [1.82, 2.24) is 20.1 Å². The lowest BCUT2D eigenvalue weighted by Gasteiger charge is -2.32. The molecule has 0 radical (unpaired) electrons. The standard InChI is InChI=1S/C21H34N4O5/c1-21(2,3)30-20(29)23-17-5-8-24(9-6-17)15-16-4-7-22-18(14-16)19(28)25(10-12-26)11-13-27/h4,7,14,17,26-27H,5-6,8-13,15H2,1-3H3,(H,23,29). The molecule has 2 rings (SSSR count). The van der Waals surface area contributed by atoms with Crippen molar-refractivity contribution in [3.8, 4) is 0 Å². The van der Waals surface area contributed by atoms with Crippen molar-refractivity contribution in [2.24, 2.45) is 0 Å². The van der Waals surface area contributed by atoms with Gasteiger partial charge in [-0.25, -0.2) is 4.79 Å². The van der Waals surface area contributed by atoms with Crippen molar-refractivity contribution >= 4 is 12.0 Å². The minimum atomic E-state index is -0.509. The number of ether oxygens (including phenoxy) is 1. The zero-order chi connectivity index (χ0) is 22.1. The van der Waals surface area contributed by atoms with E-state index in [2.05, 4.69) is 15.2 Å². The maximum Gasteiger partial charge on any atom is 0.407 e. The van der Waals surface area contributed by atoms with E-state index < -0.39 is 5.60 Å². The highest BCUT2D eigenvalue weighted by molar-refractivity contribution is 5.92. The summed E-state index contributed by atoms with van der Waals surface area (Å²) in [6.45, 7) is 7.84. The van der Waals surface area contributed by atoms with Gasteiger partial charge in [0, 0.05) is 45.0 Å². The zero-order valence-electron chi connectivity index (χ0n) is 18.1. The van der Waals surface area contributed by atoms with Gasteiger partial charge in [0.05, 0.1) is 13.2 Å². The molecule has 0 bridgehead atoms. The van der Waals surface area contributed by atoms with Crippen LogP contribution in [0.25, 0.3) is 0 Å². The minimum absolute atomic E-state index is 0.0937. The SMILES string of the molecule is CC(C)(C)OC(=O)NC1CCN(Cc2ccnc(C(=O)N(CCO)CCO)c2)CC1. The molecule has 0 spiro atoms. The predicted octanol–water partition coefficient (Wildman–Crippen LogP) is 0.998. The zero-order valence-corrected chi connectivity index (χ0v) is 18.1. The number of piperidine rings is 1. The fourth-order valence-electron chi connectivity index (χ4n) is 3.38. The molecule has 1 aromatic heterocycles. The number of hydrogen-bond donors (Lipinski definition) is 3. The van der Waals surface area contributed by atoms with Gasteiger partial charge in [-0.2, -0.15) is 0 Å². The Kier molecular flexibility index (Phi) is 9.01. The van der Waals surface area contributed by atoms with Crippen molar-refractivity contribution in [3.63, 3.8) is 0 Å². The molecule has 1 aromatic rings. The van der Waals surface area contributed by atoms with E-state index in [9.17, 15) is 9.59 Å². The number of aromatic nitrogens is 1. The van der Waals surface area contributed by atoms with Crippen molar-refractivity contribution in [2.75, 3.05) is 39.4 Å². The molecular weight excluding hydrogens is 388 g/mol. The van der Waals surface area contributed by atoms with Crippen LogP contribution in [-0.2, 0) is 11.3 Å². The van der Waals surface area contributed by atoms with Crippen LogP contribution in [0.5, 0.6) is 0 Å². The fourth-order valence-corrected chi connectivity index (χ4v) is 3.38. The highest BCUT2D eigenvalue weighted by atomic mass is 16.6. The van der Waals surface area contributed by atoms with Crippen LogP contribution in [0.15, 0.2) is 18.3 Å². The second-order valence-corrected chi connectivity index (χ2v) is 8.49. The van der Waals surface area contributed by atoms with Gasteiger partial charge in [0.15, 0.2) is 0 Å². The summed E-state index contributed by atoms with van der Waals surface area (Å²) in [6.07, 6.45) is 2.89. The van der Waals surface area contributed by atoms with Gasteiger partial charge in [0.25, 0.3) is 5.91 Å². The lowest BCUT2D eigenvalue weighted by atomic mass is 10.0. The highest BCUT2D eigenvalue weighted by Crippen LogP contribution is 2.16. The average molecular weight is 423 g/mol. The maximum atomic E-state index is 12.6. The van der Waals surface area contributed by atoms with Crippen LogP contribution in [0.3, 0.4) is 0 Å². The second-order valence-electron chi connectivity index (χ2n) is 8.49. The number of nitrogens with one attached hydrogen (secondary N) is 1. The average Bonchev–Trinajstić information content (AvgIpc) is 2.67. The Balaban J connectivity index is 1.87. The lowest BCUT2D eigenvalue weighted by Crippen LogP contribution is -2.45. The van der Waals surface area contributed by atoms with Crippen LogP contribution in [0.4, 0.5) is 4.79 Å². The molecule has 0 atom stereocenters. The predicted molar refractivity (Wildman–Crippen MR) is 112 cm³/mol. The Labute approximate surface area is 178 Å². The molecule has 1 aliphatic heterocycles. The van der Waals surface area contributed by atoms with Gasteiger partial charge in [-0.3, -0.25) is 14.7 Å². The number of carbonyl (C=O) groups excluding carboxylic acids is 2. The Bertz CT molecular complexity index is 693. The molecule has 3 N–H and O–H groups in total. The summed E-state index contributed by atoms with van der Waals surface area (Å²) in [7, 11) is 0. The first kappa shape index (κ1) is 24.0. The monoisotopic (exact) mass is 422 g/mol. The number of aliphatic hydroxyl groups is 2. The number of carbonyl (C=O) groups is 2. The number of amides is 2. The third-order valence-electron chi connectivity index (χ3n) is 4.79. The Hall–Kier alpha value is -2.23. The molecule has 1 aliphatic rings. The largest absolute Gasteiger partial charge is 0.444 e. The molecule has 1 fully saturated rings. The van der Waals surface area contributed by atoms with E-state index in [1.165, 1.54) is 4.90 Å². The van der Waals surface area contributed by atoms with E-state index in [1.54, 1.807) is 12.3 Å². The summed E-state index contributed by atoms with van der Waals surface area (Å²) < 4.78 is 5.31. The van der Waals surface area contributed by atoms with Crippen molar-refractivity contribution < 1.29 is 24.5 Å². The van der Waals surface area contributed by atoms with Crippen LogP contribution in [0.1, 0.15) is 49.7 Å². The molecule has 0 aliphatic carbocycles. The van der Waals surface area contributed by atoms with Gasteiger partial charge in [-0.15, -0.1) is 0 Å². The number of likely N-dealkylation sites (tertiary alicyclic amines) is 1. The van der Waals surface area contributed by atoms with Crippen molar-refractivity contribution in [2.45, 2.75) is 51.8 Å². The lowest BCUT2D eigenvalue weighted by molar-refractivity contribution is 0.0477. The van der Waals surface area contributed by atoms with Crippen LogP contribution < -0.4 is 5.32 Å². The van der Waals surface area contributed by atoms with Crippen LogP contribution in [0.2, 0.25) is 0 Å². The van der Waals surface area contributed by atoms with Gasteiger partial charge in [0.2, 0.25) is 0 Å². The molecule has 0 unspecified atom stereocenters. The highest BCUT2D eigenvalue weighted by Gasteiger charge is 2.24. The smallest absolute Gasteiger partial charge is 0.407 e. The maximum absolute atomic E-state index is 12.6. The molecule has 9 heteroatoms. The van der Waals surface area contributed by atoms with E-state index in [-0.39, 0.29) is 44.3 Å². The number of nitrogens with zero attached hydrogens (tertiary/aromatic N) is 3. The van der Waals surface area contributed by atoms with Crippen molar-refractivity contribution in [3.05, 3.63) is 29.6 Å². The number of pyridine rings is 1. The number of hydrogen-bond acceptors (Lipinski definition) is 7. The normalized spacial score (nSPS) is 15.6. The Morgan fingerprint density at radius 3 is 2.43 bits per heavy atom. The second kappa shape index (κ2) is 11.2. The van der Waals surface area contributed by atoms with Gasteiger partial charge < -0.3 is 25.2 Å². The number of rotatable bonds is 8. The number of alkyl carbamates (subject to hydrolysis) is 1. The molecule has 9 nitrogen and oxygen atoms in total. The van der Waals surface area contributed by atoms with Crippen LogP contribution in [-0.4, -0.2) is 88.0 Å². The minimum Gasteiger partial charge on any atom is -0.444 e. The number of aliphatic hydroxyl groups excluding tert-OH is 2. The molecule has 0 aromatic carbocycles. The van der Waals surface area contributed by atoms with E-state index in [1.807, 2.05) is 26.8 Å². The van der Waals surface area contributed by atoms with Crippen LogP contribution >= 0.6 is 0 Å². The molecular formula is C21H34N4O5. The van der Waals surface area contributed by atoms with E-state index in [4.69, 9.17) is 14.9 Å². The van der Waals surface area contributed by atoms with Crippen LogP contribution in [0, 0.1) is 0 Å². The summed E-state index contributed by atoms with van der Waals surface area (Å²) in [5.41, 5.74) is 0.765. The third-order valence-corrected chi connectivity index (χ3v) is 4.79. The summed E-state index contributed by atoms with van der Waals surface area (Å²) in [4.78, 5) is 32.3. The summed E-state index contributed by atoms with van der Waals surface area (Å²) in [5.74, 6) is -0.305. The Morgan fingerprint density at radius 1 is 1.23 bits per heavy atom. The third kappa shape index (κ3) is 7.89. The molecule has 168 valence electrons. The van der Waals surface area contributed by atoms with E-state index in [0.717, 1.165) is 31.5 Å². The first-order chi connectivity index (χ1) is 14.2. The summed E-state index contributed by atoms with van der Waals surface area (Å²) in [5, 5.41) is 21.2. The van der Waals surface area contributed by atoms with E-state index in [0.29, 0.717) is 12.2 Å². The summed E-state index contributed by atoms with van der Waals surface area (Å²) >= 11 is 0. The van der Waals surface area contributed by atoms with Gasteiger partial charge >= 0.3 is 6.09 Å². The topological polar surface area (TPSA) is 115 Å². The molecule has 1 saturated heterocycles. The van der Waals surface area contributed by atoms with Gasteiger partial charge in [0.1, 0.15) is 11.3 Å². The van der Waals surface area contributed by atoms with Gasteiger partial charge in [-0.05, 0) is 51.3 Å². The van der Waals surface area contributed by atoms with Crippen molar-refractivity contribution in [1.29, 1.82) is 0 Å². The van der Waals surface area contributed by atoms with E-state index >= 15 is 0 Å². The Morgan fingerprint density at radius 2 is 1.87 bits per heavy atom. The summed E-state index contributed by atoms with van der Waals surface area (Å²) in [6, 6.07) is 3.73. The molecule has 2 amide bonds. The quantitative estimate of drug-likeness (QED) is 0.572. The molecule has 0 saturated carbocycles. The first-order valence-electron chi connectivity index (χ1n) is 10.4. The molecule has 30 heavy (non-hydrogen) atoms. The van der Waals surface area contributed by atoms with Gasteiger partial charge in [-0.1, -0.05) is 0 Å². The first-order valence-corrected chi connectivity index (χ1v) is 10.4. The molecule has 2 heterocycles.